The Bertz CT molecular complexity index is 782. The average Bonchev–Trinajstić information content (AvgIpc) is 3.12. The van der Waals surface area contributed by atoms with E-state index in [-0.39, 0.29) is 30.7 Å². The SMILES string of the molecule is CC(C)[C@H](NC(=O)OCc1ccccc1)C(=O)OCc1ccc(C(=O)O)o1. The van der Waals surface area contributed by atoms with Gasteiger partial charge in [0.25, 0.3) is 0 Å². The highest BCUT2D eigenvalue weighted by molar-refractivity contribution is 5.84. The molecular weight excluding hydrogens is 354 g/mol. The zero-order valence-electron chi connectivity index (χ0n) is 15.0. The minimum Gasteiger partial charge on any atom is -0.475 e. The summed E-state index contributed by atoms with van der Waals surface area (Å²) in [6, 6.07) is 10.9. The van der Waals surface area contributed by atoms with E-state index in [4.69, 9.17) is 19.0 Å². The number of carbonyl (C=O) groups excluding carboxylic acids is 2. The summed E-state index contributed by atoms with van der Waals surface area (Å²) in [4.78, 5) is 35.0. The number of carbonyl (C=O) groups is 3. The zero-order valence-corrected chi connectivity index (χ0v) is 15.0. The Labute approximate surface area is 156 Å². The summed E-state index contributed by atoms with van der Waals surface area (Å²) in [6.07, 6.45) is -0.735. The maximum absolute atomic E-state index is 12.3. The lowest BCUT2D eigenvalue weighted by Gasteiger charge is -2.20. The first-order valence-corrected chi connectivity index (χ1v) is 8.32. The van der Waals surface area contributed by atoms with E-state index >= 15 is 0 Å². The quantitative estimate of drug-likeness (QED) is 0.682. The molecule has 144 valence electrons. The number of nitrogens with one attached hydrogen (secondary N) is 1. The molecule has 2 N–H and O–H groups in total. The Hall–Kier alpha value is -3.29. The van der Waals surface area contributed by atoms with Gasteiger partial charge in [0.1, 0.15) is 25.0 Å². The highest BCUT2D eigenvalue weighted by Gasteiger charge is 2.26. The van der Waals surface area contributed by atoms with Crippen molar-refractivity contribution in [3.8, 4) is 0 Å². The minimum atomic E-state index is -1.21. The van der Waals surface area contributed by atoms with E-state index in [9.17, 15) is 14.4 Å². The number of alkyl carbamates (subject to hydrolysis) is 1. The van der Waals surface area contributed by atoms with Gasteiger partial charge in [0.05, 0.1) is 0 Å². The normalized spacial score (nSPS) is 11.7. The van der Waals surface area contributed by atoms with Crippen molar-refractivity contribution >= 4 is 18.0 Å². The van der Waals surface area contributed by atoms with Crippen LogP contribution in [0.5, 0.6) is 0 Å². The van der Waals surface area contributed by atoms with Crippen LogP contribution in [0.3, 0.4) is 0 Å². The molecule has 0 unspecified atom stereocenters. The predicted octanol–water partition coefficient (Wildman–Crippen LogP) is 2.97. The number of rotatable bonds is 8. The second kappa shape index (κ2) is 9.42. The van der Waals surface area contributed by atoms with Crippen LogP contribution in [0.15, 0.2) is 46.9 Å². The van der Waals surface area contributed by atoms with E-state index < -0.39 is 24.1 Å². The van der Waals surface area contributed by atoms with Crippen LogP contribution < -0.4 is 5.32 Å². The van der Waals surface area contributed by atoms with E-state index in [2.05, 4.69) is 5.32 Å². The highest BCUT2D eigenvalue weighted by Crippen LogP contribution is 2.11. The molecule has 8 heteroatoms. The van der Waals surface area contributed by atoms with Crippen molar-refractivity contribution in [2.75, 3.05) is 0 Å². The molecule has 0 radical (unpaired) electrons. The third-order valence-corrected chi connectivity index (χ3v) is 3.64. The van der Waals surface area contributed by atoms with E-state index in [0.29, 0.717) is 0 Å². The molecule has 0 bridgehead atoms. The number of hydrogen-bond acceptors (Lipinski definition) is 6. The fraction of sp³-hybridized carbons (Fsp3) is 0.316. The molecule has 1 atom stereocenters. The lowest BCUT2D eigenvalue weighted by Crippen LogP contribution is -2.45. The zero-order chi connectivity index (χ0) is 19.8. The second-order valence-corrected chi connectivity index (χ2v) is 6.11. The van der Waals surface area contributed by atoms with E-state index in [1.807, 2.05) is 30.3 Å². The van der Waals surface area contributed by atoms with Crippen LogP contribution in [0.1, 0.15) is 35.7 Å². The van der Waals surface area contributed by atoms with Crippen LogP contribution in [-0.4, -0.2) is 29.2 Å². The Kier molecular flexibility index (Phi) is 6.99. The molecule has 1 aromatic carbocycles. The number of benzene rings is 1. The van der Waals surface area contributed by atoms with Gasteiger partial charge >= 0.3 is 18.0 Å². The van der Waals surface area contributed by atoms with Gasteiger partial charge in [-0.05, 0) is 23.6 Å². The van der Waals surface area contributed by atoms with Gasteiger partial charge in [0.2, 0.25) is 5.76 Å². The fourth-order valence-corrected chi connectivity index (χ4v) is 2.19. The third kappa shape index (κ3) is 6.18. The average molecular weight is 375 g/mol. The molecule has 1 heterocycles. The maximum atomic E-state index is 12.3. The lowest BCUT2D eigenvalue weighted by atomic mass is 10.1. The minimum absolute atomic E-state index is 0.0803. The van der Waals surface area contributed by atoms with E-state index in [1.54, 1.807) is 13.8 Å². The van der Waals surface area contributed by atoms with Crippen LogP contribution >= 0.6 is 0 Å². The standard InChI is InChI=1S/C19H21NO7/c1-12(2)16(20-19(24)26-10-13-6-4-3-5-7-13)18(23)25-11-14-8-9-15(27-14)17(21)22/h3-9,12,16H,10-11H2,1-2H3,(H,20,24)(H,21,22)/t16-/m0/s1. The van der Waals surface area contributed by atoms with Gasteiger partial charge in [-0.2, -0.15) is 0 Å². The molecule has 2 aromatic rings. The van der Waals surface area contributed by atoms with Crippen LogP contribution in [0.2, 0.25) is 0 Å². The van der Waals surface area contributed by atoms with Crippen molar-refractivity contribution in [3.63, 3.8) is 0 Å². The summed E-state index contributed by atoms with van der Waals surface area (Å²) in [6.45, 7) is 3.34. The van der Waals surface area contributed by atoms with Crippen LogP contribution in [0.4, 0.5) is 4.79 Å². The van der Waals surface area contributed by atoms with Crippen molar-refractivity contribution in [1.82, 2.24) is 5.32 Å². The van der Waals surface area contributed by atoms with Gasteiger partial charge in [-0.15, -0.1) is 0 Å². The van der Waals surface area contributed by atoms with Gasteiger partial charge in [-0.1, -0.05) is 44.2 Å². The summed E-state index contributed by atoms with van der Waals surface area (Å²) in [5, 5.41) is 11.3. The van der Waals surface area contributed by atoms with Crippen molar-refractivity contribution < 1.29 is 33.4 Å². The van der Waals surface area contributed by atoms with Crippen LogP contribution in [0.25, 0.3) is 0 Å². The molecule has 1 aromatic heterocycles. The molecule has 0 fully saturated rings. The Morgan fingerprint density at radius 3 is 2.33 bits per heavy atom. The Morgan fingerprint density at radius 1 is 1.04 bits per heavy atom. The molecule has 8 nitrogen and oxygen atoms in total. The third-order valence-electron chi connectivity index (χ3n) is 3.64. The van der Waals surface area contributed by atoms with Crippen molar-refractivity contribution in [2.45, 2.75) is 33.1 Å². The molecule has 0 aliphatic rings. The van der Waals surface area contributed by atoms with Crippen molar-refractivity contribution in [1.29, 1.82) is 0 Å². The van der Waals surface area contributed by atoms with E-state index in [1.165, 1.54) is 12.1 Å². The molecule has 0 aliphatic heterocycles. The molecular formula is C19H21NO7. The first-order chi connectivity index (χ1) is 12.9. The first kappa shape index (κ1) is 20.0. The summed E-state index contributed by atoms with van der Waals surface area (Å²) < 4.78 is 15.2. The Balaban J connectivity index is 1.86. The largest absolute Gasteiger partial charge is 0.475 e. The number of amides is 1. The van der Waals surface area contributed by atoms with Gasteiger partial charge in [-0.3, -0.25) is 0 Å². The lowest BCUT2D eigenvalue weighted by molar-refractivity contribution is -0.149. The first-order valence-electron chi connectivity index (χ1n) is 8.32. The van der Waals surface area contributed by atoms with Gasteiger partial charge < -0.3 is 24.3 Å². The molecule has 27 heavy (non-hydrogen) atoms. The number of esters is 1. The summed E-state index contributed by atoms with van der Waals surface area (Å²) in [7, 11) is 0. The predicted molar refractivity (Wildman–Crippen MR) is 93.9 cm³/mol. The maximum Gasteiger partial charge on any atom is 0.408 e. The Morgan fingerprint density at radius 2 is 1.74 bits per heavy atom. The fourth-order valence-electron chi connectivity index (χ4n) is 2.19. The van der Waals surface area contributed by atoms with Crippen LogP contribution in [-0.2, 0) is 27.5 Å². The number of hydrogen-bond donors (Lipinski definition) is 2. The van der Waals surface area contributed by atoms with Crippen LogP contribution in [0, 0.1) is 5.92 Å². The van der Waals surface area contributed by atoms with Crippen molar-refractivity contribution in [2.24, 2.45) is 5.92 Å². The number of aromatic carboxylic acids is 1. The number of carboxylic acid groups (broad SMARTS) is 1. The molecule has 1 amide bonds. The van der Waals surface area contributed by atoms with E-state index in [0.717, 1.165) is 5.56 Å². The van der Waals surface area contributed by atoms with Gasteiger partial charge in [-0.25, -0.2) is 14.4 Å². The van der Waals surface area contributed by atoms with Gasteiger partial charge in [0.15, 0.2) is 0 Å². The van der Waals surface area contributed by atoms with Crippen molar-refractivity contribution in [3.05, 3.63) is 59.5 Å². The molecule has 0 aliphatic carbocycles. The second-order valence-electron chi connectivity index (χ2n) is 6.11. The molecule has 2 rings (SSSR count). The highest BCUT2D eigenvalue weighted by atomic mass is 16.6. The van der Waals surface area contributed by atoms with Gasteiger partial charge in [0, 0.05) is 0 Å². The summed E-state index contributed by atoms with van der Waals surface area (Å²) >= 11 is 0. The molecule has 0 saturated carbocycles. The number of ether oxygens (including phenoxy) is 2. The topological polar surface area (TPSA) is 115 Å². The number of furan rings is 1. The summed E-state index contributed by atoms with van der Waals surface area (Å²) in [5.74, 6) is -2.18. The number of carboxylic acids is 1. The molecule has 0 spiro atoms. The summed E-state index contributed by atoms with van der Waals surface area (Å²) in [5.41, 5.74) is 0.823. The molecule has 0 saturated heterocycles. The monoisotopic (exact) mass is 375 g/mol. The smallest absolute Gasteiger partial charge is 0.408 e.